The first kappa shape index (κ1) is 7.13. The molecule has 0 saturated carbocycles. The molecule has 0 aromatic carbocycles. The van der Waals surface area contributed by atoms with Crippen LogP contribution in [0.25, 0.3) is 0 Å². The monoisotopic (exact) mass is 166 g/mol. The third-order valence-corrected chi connectivity index (χ3v) is 2.66. The van der Waals surface area contributed by atoms with E-state index in [-0.39, 0.29) is 0 Å². The number of nitrogens with one attached hydrogen (secondary N) is 1. The molecule has 0 atom stereocenters. The molecule has 58 valence electrons. The minimum atomic E-state index is 1.08. The third-order valence-electron chi connectivity index (χ3n) is 1.72. The van der Waals surface area contributed by atoms with Crippen LogP contribution in [0.3, 0.4) is 0 Å². The van der Waals surface area contributed by atoms with Gasteiger partial charge in [-0.3, -0.25) is 9.71 Å². The summed E-state index contributed by atoms with van der Waals surface area (Å²) in [6, 6.07) is 4.10. The molecule has 0 spiro atoms. The molecule has 0 unspecified atom stereocenters. The van der Waals surface area contributed by atoms with Crippen LogP contribution in [0.5, 0.6) is 0 Å². The van der Waals surface area contributed by atoms with Crippen LogP contribution in [0.15, 0.2) is 23.2 Å². The fourth-order valence-corrected chi connectivity index (χ4v) is 1.98. The number of hydrogen-bond donors (Lipinski definition) is 1. The maximum Gasteiger partial charge on any atom is 0.0552 e. The standard InChI is InChI=1S/C8H10N2S/c1-3-7-8(11-10-6-1)4-2-5-9-7/h2,4-5,10H,1,3,6H2. The van der Waals surface area contributed by atoms with Gasteiger partial charge in [0.15, 0.2) is 0 Å². The van der Waals surface area contributed by atoms with E-state index in [4.69, 9.17) is 0 Å². The van der Waals surface area contributed by atoms with Gasteiger partial charge >= 0.3 is 0 Å². The molecular weight excluding hydrogens is 156 g/mol. The van der Waals surface area contributed by atoms with Gasteiger partial charge < -0.3 is 0 Å². The summed E-state index contributed by atoms with van der Waals surface area (Å²) in [6.07, 6.45) is 4.16. The first-order chi connectivity index (χ1) is 5.47. The summed E-state index contributed by atoms with van der Waals surface area (Å²) in [5, 5.41) is 0. The molecule has 1 aromatic heterocycles. The Kier molecular flexibility index (Phi) is 2.10. The van der Waals surface area contributed by atoms with Crippen molar-refractivity contribution in [3.8, 4) is 0 Å². The van der Waals surface area contributed by atoms with Crippen molar-refractivity contribution < 1.29 is 0 Å². The van der Waals surface area contributed by atoms with Gasteiger partial charge in [-0.25, -0.2) is 0 Å². The highest BCUT2D eigenvalue weighted by Gasteiger charge is 2.06. The van der Waals surface area contributed by atoms with Gasteiger partial charge in [0, 0.05) is 17.6 Å². The molecule has 0 saturated heterocycles. The zero-order valence-corrected chi connectivity index (χ0v) is 7.03. The van der Waals surface area contributed by atoms with Gasteiger partial charge in [-0.15, -0.1) is 0 Å². The summed E-state index contributed by atoms with van der Waals surface area (Å²) in [4.78, 5) is 5.60. The highest BCUT2D eigenvalue weighted by molar-refractivity contribution is 7.97. The molecule has 0 amide bonds. The van der Waals surface area contributed by atoms with E-state index < -0.39 is 0 Å². The molecule has 2 nitrogen and oxygen atoms in total. The molecule has 0 radical (unpaired) electrons. The van der Waals surface area contributed by atoms with Gasteiger partial charge in [-0.1, -0.05) is 0 Å². The quantitative estimate of drug-likeness (QED) is 0.593. The first-order valence-corrected chi connectivity index (χ1v) is 4.62. The number of nitrogens with zero attached hydrogens (tertiary/aromatic N) is 1. The Bertz CT molecular complexity index is 225. The Morgan fingerprint density at radius 1 is 1.55 bits per heavy atom. The van der Waals surface area contributed by atoms with Crippen molar-refractivity contribution in [3.05, 3.63) is 24.0 Å². The molecule has 0 aliphatic carbocycles. The smallest absolute Gasteiger partial charge is 0.0552 e. The number of rotatable bonds is 0. The molecule has 2 rings (SSSR count). The fourth-order valence-electron chi connectivity index (χ4n) is 1.16. The Morgan fingerprint density at radius 3 is 3.55 bits per heavy atom. The van der Waals surface area contributed by atoms with Crippen molar-refractivity contribution in [2.24, 2.45) is 0 Å². The van der Waals surface area contributed by atoms with E-state index in [1.165, 1.54) is 17.0 Å². The lowest BCUT2D eigenvalue weighted by Crippen LogP contribution is -2.01. The first-order valence-electron chi connectivity index (χ1n) is 3.80. The van der Waals surface area contributed by atoms with Crippen LogP contribution in [-0.4, -0.2) is 11.5 Å². The molecular formula is C8H10N2S. The molecule has 1 aromatic rings. The van der Waals surface area contributed by atoms with E-state index in [0.717, 1.165) is 13.0 Å². The largest absolute Gasteiger partial charge is 0.260 e. The zero-order valence-electron chi connectivity index (χ0n) is 6.21. The van der Waals surface area contributed by atoms with Gasteiger partial charge in [0.1, 0.15) is 0 Å². The van der Waals surface area contributed by atoms with Gasteiger partial charge in [0.25, 0.3) is 0 Å². The second-order valence-corrected chi connectivity index (χ2v) is 3.48. The number of fused-ring (bicyclic) bond motifs is 1. The zero-order chi connectivity index (χ0) is 7.52. The molecule has 3 heteroatoms. The third kappa shape index (κ3) is 1.54. The molecule has 1 N–H and O–H groups in total. The number of hydrogen-bond acceptors (Lipinski definition) is 3. The molecule has 0 bridgehead atoms. The normalized spacial score (nSPS) is 17.1. The predicted octanol–water partition coefficient (Wildman–Crippen LogP) is 1.62. The van der Waals surface area contributed by atoms with Gasteiger partial charge in [0.05, 0.1) is 5.69 Å². The van der Waals surface area contributed by atoms with E-state index >= 15 is 0 Å². The predicted molar refractivity (Wildman–Crippen MR) is 46.4 cm³/mol. The molecule has 0 fully saturated rings. The van der Waals surface area contributed by atoms with Crippen molar-refractivity contribution in [2.45, 2.75) is 17.7 Å². The summed E-state index contributed by atoms with van der Waals surface area (Å²) < 4.78 is 3.28. The van der Waals surface area contributed by atoms with Crippen molar-refractivity contribution in [3.63, 3.8) is 0 Å². The fraction of sp³-hybridized carbons (Fsp3) is 0.375. The number of pyridine rings is 1. The maximum absolute atomic E-state index is 4.32. The van der Waals surface area contributed by atoms with E-state index in [1.54, 1.807) is 11.9 Å². The van der Waals surface area contributed by atoms with Crippen molar-refractivity contribution in [1.29, 1.82) is 0 Å². The lowest BCUT2D eigenvalue weighted by Gasteiger charge is -2.00. The minimum Gasteiger partial charge on any atom is -0.260 e. The van der Waals surface area contributed by atoms with E-state index in [9.17, 15) is 0 Å². The lowest BCUT2D eigenvalue weighted by atomic mass is 10.2. The van der Waals surface area contributed by atoms with Gasteiger partial charge in [0.2, 0.25) is 0 Å². The van der Waals surface area contributed by atoms with E-state index in [2.05, 4.69) is 15.8 Å². The summed E-state index contributed by atoms with van der Waals surface area (Å²) >= 11 is 1.70. The maximum atomic E-state index is 4.32. The highest BCUT2D eigenvalue weighted by Crippen LogP contribution is 2.21. The van der Waals surface area contributed by atoms with E-state index in [1.807, 2.05) is 12.3 Å². The Balaban J connectivity index is 2.33. The Morgan fingerprint density at radius 2 is 2.55 bits per heavy atom. The van der Waals surface area contributed by atoms with Crippen LogP contribution in [0, 0.1) is 0 Å². The lowest BCUT2D eigenvalue weighted by molar-refractivity contribution is 0.785. The molecule has 11 heavy (non-hydrogen) atoms. The van der Waals surface area contributed by atoms with Crippen LogP contribution in [0.4, 0.5) is 0 Å². The van der Waals surface area contributed by atoms with Crippen LogP contribution in [0.2, 0.25) is 0 Å². The van der Waals surface area contributed by atoms with Crippen molar-refractivity contribution in [2.75, 3.05) is 6.54 Å². The van der Waals surface area contributed by atoms with Crippen LogP contribution in [-0.2, 0) is 6.42 Å². The van der Waals surface area contributed by atoms with E-state index in [0.29, 0.717) is 0 Å². The van der Waals surface area contributed by atoms with Gasteiger partial charge in [-0.05, 0) is 36.9 Å². The second kappa shape index (κ2) is 3.24. The van der Waals surface area contributed by atoms with Crippen molar-refractivity contribution in [1.82, 2.24) is 9.71 Å². The molecule has 1 aliphatic heterocycles. The highest BCUT2D eigenvalue weighted by atomic mass is 32.2. The Hall–Kier alpha value is -0.540. The summed E-state index contributed by atoms with van der Waals surface area (Å²) in [6.45, 7) is 1.08. The number of aryl methyl sites for hydroxylation is 1. The van der Waals surface area contributed by atoms with Crippen LogP contribution < -0.4 is 4.72 Å². The topological polar surface area (TPSA) is 24.9 Å². The molecule has 2 heterocycles. The average Bonchev–Trinajstić information content (AvgIpc) is 2.28. The molecule has 1 aliphatic rings. The van der Waals surface area contributed by atoms with Gasteiger partial charge in [-0.2, -0.15) is 0 Å². The second-order valence-electron chi connectivity index (χ2n) is 2.55. The summed E-state index contributed by atoms with van der Waals surface area (Å²) in [5.74, 6) is 0. The SMILES string of the molecule is c1cnc2c(c1)SNCCC2. The van der Waals surface area contributed by atoms with Crippen molar-refractivity contribution >= 4 is 11.9 Å². The number of aromatic nitrogens is 1. The minimum absolute atomic E-state index is 1.08. The van der Waals surface area contributed by atoms with Crippen LogP contribution in [0.1, 0.15) is 12.1 Å². The summed E-state index contributed by atoms with van der Waals surface area (Å²) in [7, 11) is 0. The average molecular weight is 166 g/mol. The Labute approximate surface area is 70.5 Å². The summed E-state index contributed by atoms with van der Waals surface area (Å²) in [5.41, 5.74) is 1.24. The van der Waals surface area contributed by atoms with Crippen LogP contribution >= 0.6 is 11.9 Å².